The number of fused-ring (bicyclic) bond motifs is 9. The van der Waals surface area contributed by atoms with Crippen LogP contribution in [0.5, 0.6) is 0 Å². The lowest BCUT2D eigenvalue weighted by atomic mass is 9.91. The van der Waals surface area contributed by atoms with Gasteiger partial charge in [0.15, 0.2) is 0 Å². The summed E-state index contributed by atoms with van der Waals surface area (Å²) in [6.45, 7) is 0. The molecule has 11 aromatic rings. The first-order valence-corrected chi connectivity index (χ1v) is 18.6. The van der Waals surface area contributed by atoms with Crippen LogP contribution >= 0.6 is 0 Å². The summed E-state index contributed by atoms with van der Waals surface area (Å²) in [4.78, 5) is 10.5. The Bertz CT molecular complexity index is 3210. The normalized spacial score (nSPS) is 11.6. The van der Waals surface area contributed by atoms with Gasteiger partial charge in [-0.25, -0.2) is 4.98 Å². The van der Waals surface area contributed by atoms with Gasteiger partial charge in [-0.15, -0.1) is 0 Å². The van der Waals surface area contributed by atoms with Gasteiger partial charge < -0.3 is 4.42 Å². The van der Waals surface area contributed by atoms with E-state index < -0.39 is 0 Å². The van der Waals surface area contributed by atoms with Crippen molar-refractivity contribution in [3.8, 4) is 55.8 Å². The van der Waals surface area contributed by atoms with E-state index in [1.54, 1.807) is 0 Å². The van der Waals surface area contributed by atoms with Gasteiger partial charge in [0.05, 0.1) is 22.9 Å². The Labute approximate surface area is 317 Å². The zero-order valence-electron chi connectivity index (χ0n) is 29.8. The van der Waals surface area contributed by atoms with Gasteiger partial charge >= 0.3 is 0 Å². The van der Waals surface area contributed by atoms with Crippen LogP contribution in [0.25, 0.3) is 110 Å². The smallest absolute Gasteiger partial charge is 0.143 e. The highest BCUT2D eigenvalue weighted by Gasteiger charge is 2.22. The topological polar surface area (TPSA) is 38.9 Å². The Hall–Kier alpha value is -7.36. The predicted octanol–water partition coefficient (Wildman–Crippen LogP) is 14.2. The van der Waals surface area contributed by atoms with Crippen molar-refractivity contribution in [3.05, 3.63) is 194 Å². The van der Waals surface area contributed by atoms with Gasteiger partial charge in [0.1, 0.15) is 11.2 Å². The molecular weight excluding hydrogens is 669 g/mol. The standard InChI is InChI=1S/C52H32N2O/c1-4-16-33(17-5-1)36-28-44(35-20-8-3-9-21-35)51-46(30-36)47-31-37(34-18-6-2-7-19-34)29-45(52(47)55-51)40-24-10-13-25-41(40)48-32-53-49-42-26-14-11-22-38(42)39-23-12-15-27-43(39)50(49)54-48/h1-32H. The van der Waals surface area contributed by atoms with E-state index in [-0.39, 0.29) is 0 Å². The van der Waals surface area contributed by atoms with Gasteiger partial charge in [0.25, 0.3) is 0 Å². The molecule has 0 aliphatic rings. The summed E-state index contributed by atoms with van der Waals surface area (Å²) in [6.07, 6.45) is 1.93. The maximum absolute atomic E-state index is 7.14. The number of benzene rings is 9. The van der Waals surface area contributed by atoms with Crippen LogP contribution in [0, 0.1) is 0 Å². The highest BCUT2D eigenvalue weighted by Crippen LogP contribution is 2.46. The molecule has 0 aliphatic carbocycles. The third kappa shape index (κ3) is 5.13. The van der Waals surface area contributed by atoms with Crippen molar-refractivity contribution < 1.29 is 4.42 Å². The molecule has 55 heavy (non-hydrogen) atoms. The molecule has 0 unspecified atom stereocenters. The minimum atomic E-state index is 0.814. The van der Waals surface area contributed by atoms with Crippen LogP contribution in [0.3, 0.4) is 0 Å². The molecule has 0 bridgehead atoms. The van der Waals surface area contributed by atoms with Crippen LogP contribution in [0.15, 0.2) is 199 Å². The average molecular weight is 701 g/mol. The van der Waals surface area contributed by atoms with Gasteiger partial charge in [-0.3, -0.25) is 4.98 Å². The lowest BCUT2D eigenvalue weighted by Gasteiger charge is -2.14. The van der Waals surface area contributed by atoms with E-state index in [2.05, 4.69) is 188 Å². The van der Waals surface area contributed by atoms with Gasteiger partial charge in [0, 0.05) is 38.2 Å². The van der Waals surface area contributed by atoms with E-state index >= 15 is 0 Å². The fourth-order valence-corrected chi connectivity index (χ4v) is 8.30. The molecule has 0 saturated heterocycles. The number of aromatic nitrogens is 2. The predicted molar refractivity (Wildman–Crippen MR) is 229 cm³/mol. The first kappa shape index (κ1) is 31.2. The molecule has 3 heteroatoms. The lowest BCUT2D eigenvalue weighted by molar-refractivity contribution is 0.671. The summed E-state index contributed by atoms with van der Waals surface area (Å²) >= 11 is 0. The van der Waals surface area contributed by atoms with Crippen LogP contribution in [-0.2, 0) is 0 Å². The summed E-state index contributed by atoms with van der Waals surface area (Å²) in [5, 5.41) is 6.70. The van der Waals surface area contributed by atoms with Gasteiger partial charge in [-0.05, 0) is 68.4 Å². The molecule has 2 heterocycles. The number of rotatable bonds is 5. The van der Waals surface area contributed by atoms with Crippen LogP contribution < -0.4 is 0 Å². The SMILES string of the molecule is c1ccc(-c2cc(-c3ccccc3)c3oc4c(-c5ccccc5-c5cnc6c7ccccc7c7ccccc7c6n5)cc(-c5ccccc5)cc4c3c2)cc1. The zero-order chi connectivity index (χ0) is 36.3. The van der Waals surface area contributed by atoms with Crippen LogP contribution in [0.4, 0.5) is 0 Å². The fourth-order valence-electron chi connectivity index (χ4n) is 8.30. The molecular formula is C52H32N2O. The minimum Gasteiger partial charge on any atom is -0.455 e. The van der Waals surface area contributed by atoms with Crippen molar-refractivity contribution in [3.63, 3.8) is 0 Å². The molecule has 0 saturated carbocycles. The average Bonchev–Trinajstić information content (AvgIpc) is 3.65. The van der Waals surface area contributed by atoms with Gasteiger partial charge in [0.2, 0.25) is 0 Å². The van der Waals surface area contributed by atoms with E-state index in [0.717, 1.165) is 99.5 Å². The van der Waals surface area contributed by atoms with Crippen molar-refractivity contribution in [2.45, 2.75) is 0 Å². The van der Waals surface area contributed by atoms with E-state index in [1.807, 2.05) is 6.20 Å². The van der Waals surface area contributed by atoms with E-state index in [1.165, 1.54) is 10.8 Å². The van der Waals surface area contributed by atoms with Crippen molar-refractivity contribution in [2.75, 3.05) is 0 Å². The Kier molecular flexibility index (Phi) is 7.17. The van der Waals surface area contributed by atoms with Crippen molar-refractivity contribution >= 4 is 54.5 Å². The van der Waals surface area contributed by atoms with Crippen LogP contribution in [0.2, 0.25) is 0 Å². The van der Waals surface area contributed by atoms with Gasteiger partial charge in [-0.1, -0.05) is 164 Å². The minimum absolute atomic E-state index is 0.814. The van der Waals surface area contributed by atoms with Crippen molar-refractivity contribution in [1.82, 2.24) is 9.97 Å². The summed E-state index contributed by atoms with van der Waals surface area (Å²) in [7, 11) is 0. The summed E-state index contributed by atoms with van der Waals surface area (Å²) < 4.78 is 7.14. The largest absolute Gasteiger partial charge is 0.455 e. The molecule has 9 aromatic carbocycles. The Morgan fingerprint density at radius 2 is 0.764 bits per heavy atom. The van der Waals surface area contributed by atoms with Gasteiger partial charge in [-0.2, -0.15) is 0 Å². The monoisotopic (exact) mass is 700 g/mol. The number of furan rings is 1. The summed E-state index contributed by atoms with van der Waals surface area (Å²) in [5.41, 5.74) is 14.1. The maximum atomic E-state index is 7.14. The third-order valence-corrected chi connectivity index (χ3v) is 10.9. The first-order valence-electron chi connectivity index (χ1n) is 18.6. The molecule has 0 atom stereocenters. The van der Waals surface area contributed by atoms with E-state index in [9.17, 15) is 0 Å². The fraction of sp³-hybridized carbons (Fsp3) is 0. The van der Waals surface area contributed by atoms with Crippen molar-refractivity contribution in [2.24, 2.45) is 0 Å². The summed E-state index contributed by atoms with van der Waals surface area (Å²) in [5.74, 6) is 0. The molecule has 0 spiro atoms. The Morgan fingerprint density at radius 1 is 0.309 bits per heavy atom. The van der Waals surface area contributed by atoms with E-state index in [0.29, 0.717) is 0 Å². The van der Waals surface area contributed by atoms with Crippen LogP contribution in [-0.4, -0.2) is 9.97 Å². The molecule has 256 valence electrons. The highest BCUT2D eigenvalue weighted by molar-refractivity contribution is 6.23. The molecule has 2 aromatic heterocycles. The first-order chi connectivity index (χ1) is 27.3. The van der Waals surface area contributed by atoms with Crippen LogP contribution in [0.1, 0.15) is 0 Å². The zero-order valence-corrected chi connectivity index (χ0v) is 29.8. The quantitative estimate of drug-likeness (QED) is 0.168. The maximum Gasteiger partial charge on any atom is 0.143 e. The number of hydrogen-bond acceptors (Lipinski definition) is 3. The second kappa shape index (κ2) is 12.6. The molecule has 0 N–H and O–H groups in total. The molecule has 3 nitrogen and oxygen atoms in total. The highest BCUT2D eigenvalue weighted by atomic mass is 16.3. The Balaban J connectivity index is 1.21. The molecule has 0 amide bonds. The molecule has 0 fully saturated rings. The lowest BCUT2D eigenvalue weighted by Crippen LogP contribution is -1.94. The van der Waals surface area contributed by atoms with Crippen molar-refractivity contribution in [1.29, 1.82) is 0 Å². The second-order valence-electron chi connectivity index (χ2n) is 14.1. The third-order valence-electron chi connectivity index (χ3n) is 10.9. The number of hydrogen-bond donors (Lipinski definition) is 0. The number of nitrogens with zero attached hydrogens (tertiary/aromatic N) is 2. The van der Waals surface area contributed by atoms with E-state index in [4.69, 9.17) is 14.4 Å². The molecule has 11 rings (SSSR count). The second-order valence-corrected chi connectivity index (χ2v) is 14.1. The summed E-state index contributed by atoms with van der Waals surface area (Å²) in [6, 6.07) is 66.4. The Morgan fingerprint density at radius 3 is 1.36 bits per heavy atom. The molecule has 0 aliphatic heterocycles. The molecule has 0 radical (unpaired) electrons.